The molecule has 4 heteroatoms. The van der Waals surface area contributed by atoms with Crippen molar-refractivity contribution in [3.8, 4) is 0 Å². The Balaban J connectivity index is 1.93. The molecule has 17 heavy (non-hydrogen) atoms. The number of piperidine rings is 1. The van der Waals surface area contributed by atoms with Crippen LogP contribution in [0.5, 0.6) is 0 Å². The Morgan fingerprint density at radius 1 is 1.00 bits per heavy atom. The van der Waals surface area contributed by atoms with Gasteiger partial charge in [-0.1, -0.05) is 18.2 Å². The molecule has 1 saturated heterocycles. The number of anilines is 1. The molecule has 0 atom stereocenters. The largest absolute Gasteiger partial charge is 0.334 e. The van der Waals surface area contributed by atoms with Gasteiger partial charge in [-0.15, -0.1) is 0 Å². The van der Waals surface area contributed by atoms with Crippen molar-refractivity contribution < 1.29 is 9.59 Å². The molecule has 1 aromatic carbocycles. The summed E-state index contributed by atoms with van der Waals surface area (Å²) in [4.78, 5) is 25.2. The van der Waals surface area contributed by atoms with E-state index in [4.69, 9.17) is 0 Å². The smallest absolute Gasteiger partial charge is 0.313 e. The molecule has 4 nitrogen and oxygen atoms in total. The van der Waals surface area contributed by atoms with E-state index in [1.807, 2.05) is 18.2 Å². The zero-order valence-corrected chi connectivity index (χ0v) is 9.69. The first kappa shape index (κ1) is 11.6. The number of hydrogen-bond acceptors (Lipinski definition) is 2. The van der Waals surface area contributed by atoms with Crippen molar-refractivity contribution in [3.05, 3.63) is 30.3 Å². The summed E-state index contributed by atoms with van der Waals surface area (Å²) in [5.41, 5.74) is 0.655. The number of carbonyl (C=O) groups excluding carboxylic acids is 2. The fraction of sp³-hybridized carbons (Fsp3) is 0.385. The van der Waals surface area contributed by atoms with Gasteiger partial charge in [0.2, 0.25) is 0 Å². The standard InChI is InChI=1S/C13H16N2O2/c16-12(14-11-7-3-1-4-8-11)13(17)15-9-5-2-6-10-15/h1,3-4,7-8H,2,5-6,9-10H2,(H,14,16). The van der Waals surface area contributed by atoms with Crippen molar-refractivity contribution >= 4 is 17.5 Å². The van der Waals surface area contributed by atoms with Crippen molar-refractivity contribution in [1.82, 2.24) is 4.90 Å². The molecule has 0 bridgehead atoms. The van der Waals surface area contributed by atoms with Gasteiger partial charge in [-0.05, 0) is 31.4 Å². The molecule has 1 fully saturated rings. The van der Waals surface area contributed by atoms with Crippen molar-refractivity contribution in [2.45, 2.75) is 19.3 Å². The lowest BCUT2D eigenvalue weighted by Gasteiger charge is -2.25. The van der Waals surface area contributed by atoms with Crippen molar-refractivity contribution in [1.29, 1.82) is 0 Å². The van der Waals surface area contributed by atoms with Gasteiger partial charge in [0.15, 0.2) is 0 Å². The topological polar surface area (TPSA) is 49.4 Å². The van der Waals surface area contributed by atoms with Gasteiger partial charge in [0.1, 0.15) is 0 Å². The van der Waals surface area contributed by atoms with E-state index in [-0.39, 0.29) is 0 Å². The average Bonchev–Trinajstić information content (AvgIpc) is 2.40. The summed E-state index contributed by atoms with van der Waals surface area (Å²) in [5, 5.41) is 2.61. The Labute approximate surface area is 101 Å². The van der Waals surface area contributed by atoms with E-state index < -0.39 is 11.8 Å². The Bertz CT molecular complexity index is 397. The summed E-state index contributed by atoms with van der Waals surface area (Å²) in [7, 11) is 0. The van der Waals surface area contributed by atoms with E-state index >= 15 is 0 Å². The monoisotopic (exact) mass is 232 g/mol. The van der Waals surface area contributed by atoms with E-state index in [1.165, 1.54) is 0 Å². The van der Waals surface area contributed by atoms with Gasteiger partial charge in [0, 0.05) is 18.8 Å². The Kier molecular flexibility index (Phi) is 3.75. The number of benzene rings is 1. The molecule has 1 aliphatic heterocycles. The van der Waals surface area contributed by atoms with Gasteiger partial charge >= 0.3 is 11.8 Å². The fourth-order valence-electron chi connectivity index (χ4n) is 1.95. The zero-order chi connectivity index (χ0) is 12.1. The second kappa shape index (κ2) is 5.48. The molecule has 1 N–H and O–H groups in total. The van der Waals surface area contributed by atoms with Crippen LogP contribution in [0, 0.1) is 0 Å². The van der Waals surface area contributed by atoms with Crippen LogP contribution in [-0.4, -0.2) is 29.8 Å². The second-order valence-corrected chi connectivity index (χ2v) is 4.17. The van der Waals surface area contributed by atoms with Crippen LogP contribution in [-0.2, 0) is 9.59 Å². The summed E-state index contributed by atoms with van der Waals surface area (Å²) in [6.45, 7) is 1.39. The SMILES string of the molecule is O=C(Nc1ccccc1)C(=O)N1CCCCC1. The highest BCUT2D eigenvalue weighted by Gasteiger charge is 2.23. The van der Waals surface area contributed by atoms with Gasteiger partial charge in [-0.3, -0.25) is 9.59 Å². The Hall–Kier alpha value is -1.84. The lowest BCUT2D eigenvalue weighted by molar-refractivity contribution is -0.143. The molecule has 0 aliphatic carbocycles. The van der Waals surface area contributed by atoms with Gasteiger partial charge in [-0.2, -0.15) is 0 Å². The van der Waals surface area contributed by atoms with Crippen LogP contribution in [0.4, 0.5) is 5.69 Å². The zero-order valence-electron chi connectivity index (χ0n) is 9.69. The van der Waals surface area contributed by atoms with E-state index in [0.29, 0.717) is 18.8 Å². The number of hydrogen-bond donors (Lipinski definition) is 1. The van der Waals surface area contributed by atoms with Crippen molar-refractivity contribution in [2.75, 3.05) is 18.4 Å². The average molecular weight is 232 g/mol. The highest BCUT2D eigenvalue weighted by atomic mass is 16.2. The maximum Gasteiger partial charge on any atom is 0.313 e. The van der Waals surface area contributed by atoms with E-state index in [9.17, 15) is 9.59 Å². The second-order valence-electron chi connectivity index (χ2n) is 4.17. The van der Waals surface area contributed by atoms with Gasteiger partial charge < -0.3 is 10.2 Å². The number of rotatable bonds is 1. The minimum atomic E-state index is -0.543. The highest BCUT2D eigenvalue weighted by molar-refractivity contribution is 6.39. The van der Waals surface area contributed by atoms with Crippen LogP contribution in [0.2, 0.25) is 0 Å². The Morgan fingerprint density at radius 3 is 2.29 bits per heavy atom. The maximum absolute atomic E-state index is 11.8. The van der Waals surface area contributed by atoms with Gasteiger partial charge in [0.05, 0.1) is 0 Å². The quantitative estimate of drug-likeness (QED) is 0.748. The molecular weight excluding hydrogens is 216 g/mol. The first-order valence-electron chi connectivity index (χ1n) is 5.92. The molecule has 1 aromatic rings. The normalized spacial score (nSPS) is 15.4. The molecule has 2 amide bonds. The predicted octanol–water partition coefficient (Wildman–Crippen LogP) is 1.64. The summed E-state index contributed by atoms with van der Waals surface area (Å²) < 4.78 is 0. The first-order valence-corrected chi connectivity index (χ1v) is 5.92. The van der Waals surface area contributed by atoms with Crippen LogP contribution in [0.1, 0.15) is 19.3 Å². The molecule has 0 radical (unpaired) electrons. The molecule has 0 saturated carbocycles. The fourth-order valence-corrected chi connectivity index (χ4v) is 1.95. The third kappa shape index (κ3) is 3.06. The van der Waals surface area contributed by atoms with Gasteiger partial charge in [0.25, 0.3) is 0 Å². The van der Waals surface area contributed by atoms with E-state index in [1.54, 1.807) is 17.0 Å². The van der Waals surface area contributed by atoms with Crippen LogP contribution in [0.15, 0.2) is 30.3 Å². The first-order chi connectivity index (χ1) is 8.27. The van der Waals surface area contributed by atoms with E-state index in [2.05, 4.69) is 5.32 Å². The van der Waals surface area contributed by atoms with Crippen LogP contribution < -0.4 is 5.32 Å². The molecule has 1 aliphatic rings. The molecule has 0 unspecified atom stereocenters. The summed E-state index contributed by atoms with van der Waals surface area (Å²) >= 11 is 0. The van der Waals surface area contributed by atoms with Crippen LogP contribution in [0.25, 0.3) is 0 Å². The lowest BCUT2D eigenvalue weighted by atomic mass is 10.1. The van der Waals surface area contributed by atoms with E-state index in [0.717, 1.165) is 19.3 Å². The van der Waals surface area contributed by atoms with Crippen molar-refractivity contribution in [3.63, 3.8) is 0 Å². The summed E-state index contributed by atoms with van der Waals surface area (Å²) in [6.07, 6.45) is 3.12. The number of likely N-dealkylation sites (tertiary alicyclic amines) is 1. The third-order valence-corrected chi connectivity index (χ3v) is 2.87. The predicted molar refractivity (Wildman–Crippen MR) is 65.5 cm³/mol. The Morgan fingerprint density at radius 2 is 1.65 bits per heavy atom. The molecular formula is C13H16N2O2. The number of nitrogens with zero attached hydrogens (tertiary/aromatic N) is 1. The molecule has 0 spiro atoms. The summed E-state index contributed by atoms with van der Waals surface area (Å²) in [5.74, 6) is -0.966. The number of carbonyl (C=O) groups is 2. The summed E-state index contributed by atoms with van der Waals surface area (Å²) in [6, 6.07) is 9.03. The maximum atomic E-state index is 11.8. The number of amides is 2. The molecule has 1 heterocycles. The van der Waals surface area contributed by atoms with Gasteiger partial charge in [-0.25, -0.2) is 0 Å². The number of para-hydroxylation sites is 1. The molecule has 2 rings (SSSR count). The lowest BCUT2D eigenvalue weighted by Crippen LogP contribution is -2.42. The minimum absolute atomic E-state index is 0.423. The highest BCUT2D eigenvalue weighted by Crippen LogP contribution is 2.10. The molecule has 90 valence electrons. The minimum Gasteiger partial charge on any atom is -0.334 e. The van der Waals surface area contributed by atoms with Crippen molar-refractivity contribution in [2.24, 2.45) is 0 Å². The van der Waals surface area contributed by atoms with Crippen LogP contribution >= 0.6 is 0 Å². The number of nitrogens with one attached hydrogen (secondary N) is 1. The molecule has 0 aromatic heterocycles. The van der Waals surface area contributed by atoms with Crippen LogP contribution in [0.3, 0.4) is 0 Å². The third-order valence-electron chi connectivity index (χ3n) is 2.87.